The van der Waals surface area contributed by atoms with Gasteiger partial charge in [-0.2, -0.15) is 0 Å². The van der Waals surface area contributed by atoms with Gasteiger partial charge in [0.05, 0.1) is 0 Å². The molecule has 0 saturated carbocycles. The Kier molecular flexibility index (Phi) is 10.2. The zero-order chi connectivity index (χ0) is 15.4. The summed E-state index contributed by atoms with van der Waals surface area (Å²) in [7, 11) is 0. The number of rotatable bonds is 10. The molecule has 1 atom stereocenters. The monoisotopic (exact) mass is 282 g/mol. The van der Waals surface area contributed by atoms with Crippen LogP contribution >= 0.6 is 0 Å². The van der Waals surface area contributed by atoms with Crippen LogP contribution in [0.15, 0.2) is 0 Å². The maximum atomic E-state index is 11.5. The molecule has 0 radical (unpaired) electrons. The molecule has 0 aliphatic heterocycles. The summed E-state index contributed by atoms with van der Waals surface area (Å²) in [5.74, 6) is 2.10. The van der Waals surface area contributed by atoms with E-state index in [1.807, 2.05) is 13.8 Å². The first-order valence-corrected chi connectivity index (χ1v) is 7.12. The smallest absolute Gasteiger partial charge is 0.314 e. The summed E-state index contributed by atoms with van der Waals surface area (Å²) >= 11 is 0. The molecule has 20 heavy (non-hydrogen) atoms. The molecule has 0 rings (SSSR count). The number of nitrogens with one attached hydrogen (secondary N) is 2. The molecule has 0 aromatic heterocycles. The first kappa shape index (κ1) is 18.3. The van der Waals surface area contributed by atoms with Gasteiger partial charge in [-0.1, -0.05) is 13.8 Å². The number of amides is 2. The van der Waals surface area contributed by atoms with Crippen LogP contribution in [0.3, 0.4) is 0 Å². The molecule has 114 valence electrons. The number of carbonyl (C=O) groups is 2. The zero-order valence-electron chi connectivity index (χ0n) is 12.4. The molecule has 0 bridgehead atoms. The molecular formula is C15H26N2O3. The predicted octanol–water partition coefficient (Wildman–Crippen LogP) is 2.23. The minimum atomic E-state index is -0.827. The lowest BCUT2D eigenvalue weighted by molar-refractivity contribution is -0.138. The van der Waals surface area contributed by atoms with Gasteiger partial charge < -0.3 is 15.7 Å². The highest BCUT2D eigenvalue weighted by Crippen LogP contribution is 2.14. The normalized spacial score (nSPS) is 11.7. The average molecular weight is 282 g/mol. The number of hydrogen-bond donors (Lipinski definition) is 3. The Morgan fingerprint density at radius 3 is 2.50 bits per heavy atom. The molecule has 5 heteroatoms. The Balaban J connectivity index is 3.86. The molecule has 0 heterocycles. The van der Waals surface area contributed by atoms with Gasteiger partial charge in [0.2, 0.25) is 0 Å². The van der Waals surface area contributed by atoms with Crippen molar-refractivity contribution in [2.75, 3.05) is 13.1 Å². The number of unbranched alkanes of at least 4 members (excludes halogenated alkanes) is 2. The van der Waals surface area contributed by atoms with E-state index in [2.05, 4.69) is 16.6 Å². The van der Waals surface area contributed by atoms with Gasteiger partial charge in [0.1, 0.15) is 0 Å². The Hall–Kier alpha value is -1.70. The highest BCUT2D eigenvalue weighted by molar-refractivity contribution is 5.74. The van der Waals surface area contributed by atoms with Crippen LogP contribution < -0.4 is 10.6 Å². The molecule has 3 N–H and O–H groups in total. The number of urea groups is 1. The summed E-state index contributed by atoms with van der Waals surface area (Å²) in [5.41, 5.74) is 0. The van der Waals surface area contributed by atoms with Crippen LogP contribution in [0.25, 0.3) is 0 Å². The van der Waals surface area contributed by atoms with E-state index in [0.29, 0.717) is 19.0 Å². The van der Waals surface area contributed by atoms with Crippen molar-refractivity contribution in [2.24, 2.45) is 11.8 Å². The summed E-state index contributed by atoms with van der Waals surface area (Å²) in [6, 6.07) is -0.246. The number of hydrogen-bond acceptors (Lipinski definition) is 2. The van der Waals surface area contributed by atoms with Crippen LogP contribution in [-0.4, -0.2) is 30.2 Å². The lowest BCUT2D eigenvalue weighted by Crippen LogP contribution is -2.39. The number of terminal acetylenes is 1. The lowest BCUT2D eigenvalue weighted by atomic mass is 9.94. The third-order valence-electron chi connectivity index (χ3n) is 2.85. The van der Waals surface area contributed by atoms with Crippen LogP contribution in [0.1, 0.15) is 46.0 Å². The fourth-order valence-corrected chi connectivity index (χ4v) is 2.01. The van der Waals surface area contributed by atoms with Crippen molar-refractivity contribution in [3.63, 3.8) is 0 Å². The van der Waals surface area contributed by atoms with E-state index in [4.69, 9.17) is 11.5 Å². The second-order valence-electron chi connectivity index (χ2n) is 5.39. The fourth-order valence-electron chi connectivity index (χ4n) is 2.01. The second kappa shape index (κ2) is 11.2. The molecule has 0 aliphatic rings. The van der Waals surface area contributed by atoms with E-state index >= 15 is 0 Å². The van der Waals surface area contributed by atoms with Gasteiger partial charge in [-0.05, 0) is 31.1 Å². The number of aliphatic carboxylic acids is 1. The summed E-state index contributed by atoms with van der Waals surface area (Å²) in [6.45, 7) is 5.06. The van der Waals surface area contributed by atoms with Gasteiger partial charge in [-0.3, -0.25) is 4.79 Å². The van der Waals surface area contributed by atoms with Gasteiger partial charge in [-0.15, -0.1) is 12.3 Å². The number of carboxylic acids is 1. The van der Waals surface area contributed by atoms with E-state index < -0.39 is 5.97 Å². The third-order valence-corrected chi connectivity index (χ3v) is 2.85. The van der Waals surface area contributed by atoms with Crippen molar-refractivity contribution in [1.82, 2.24) is 10.6 Å². The minimum absolute atomic E-state index is 0.0281. The van der Waals surface area contributed by atoms with E-state index in [9.17, 15) is 9.59 Å². The molecular weight excluding hydrogens is 256 g/mol. The van der Waals surface area contributed by atoms with E-state index in [1.54, 1.807) is 0 Å². The van der Waals surface area contributed by atoms with Gasteiger partial charge >= 0.3 is 12.0 Å². The van der Waals surface area contributed by atoms with E-state index in [0.717, 1.165) is 25.7 Å². The molecule has 0 saturated heterocycles. The van der Waals surface area contributed by atoms with E-state index in [-0.39, 0.29) is 18.4 Å². The third kappa shape index (κ3) is 11.4. The molecule has 0 aromatic carbocycles. The SMILES string of the molecule is C#CCCCCNC(=O)NC[C@H](CC(=O)O)CC(C)C. The van der Waals surface area contributed by atoms with Crippen LogP contribution in [0, 0.1) is 24.2 Å². The second-order valence-corrected chi connectivity index (χ2v) is 5.39. The quantitative estimate of drug-likeness (QED) is 0.424. The topological polar surface area (TPSA) is 78.4 Å². The van der Waals surface area contributed by atoms with E-state index in [1.165, 1.54) is 0 Å². The summed E-state index contributed by atoms with van der Waals surface area (Å²) in [6.07, 6.45) is 8.47. The largest absolute Gasteiger partial charge is 0.481 e. The van der Waals surface area contributed by atoms with Crippen molar-refractivity contribution in [2.45, 2.75) is 46.0 Å². The lowest BCUT2D eigenvalue weighted by Gasteiger charge is -2.18. The Morgan fingerprint density at radius 1 is 1.25 bits per heavy atom. The summed E-state index contributed by atoms with van der Waals surface area (Å²) in [4.78, 5) is 22.3. The number of carboxylic acid groups (broad SMARTS) is 1. The first-order chi connectivity index (χ1) is 9.45. The fraction of sp³-hybridized carbons (Fsp3) is 0.733. The van der Waals surface area contributed by atoms with Crippen LogP contribution in [0.5, 0.6) is 0 Å². The summed E-state index contributed by atoms with van der Waals surface area (Å²) in [5, 5.41) is 14.3. The van der Waals surface area contributed by atoms with Crippen LogP contribution in [0.2, 0.25) is 0 Å². The summed E-state index contributed by atoms with van der Waals surface area (Å²) < 4.78 is 0. The Labute approximate surface area is 121 Å². The van der Waals surface area contributed by atoms with Crippen molar-refractivity contribution >= 4 is 12.0 Å². The highest BCUT2D eigenvalue weighted by atomic mass is 16.4. The van der Waals surface area contributed by atoms with Crippen molar-refractivity contribution in [3.05, 3.63) is 0 Å². The maximum absolute atomic E-state index is 11.5. The Bertz CT molecular complexity index is 335. The van der Waals surface area contributed by atoms with Crippen LogP contribution in [0.4, 0.5) is 4.79 Å². The predicted molar refractivity (Wildman–Crippen MR) is 79.3 cm³/mol. The molecule has 0 fully saturated rings. The van der Waals surface area contributed by atoms with Gasteiger partial charge in [-0.25, -0.2) is 4.79 Å². The average Bonchev–Trinajstić information content (AvgIpc) is 2.34. The molecule has 0 aliphatic carbocycles. The molecule has 0 aromatic rings. The molecule has 5 nitrogen and oxygen atoms in total. The molecule has 0 unspecified atom stereocenters. The number of carbonyl (C=O) groups excluding carboxylic acids is 1. The molecule has 0 spiro atoms. The van der Waals surface area contributed by atoms with Crippen molar-refractivity contribution in [1.29, 1.82) is 0 Å². The molecule has 2 amide bonds. The first-order valence-electron chi connectivity index (χ1n) is 7.12. The van der Waals surface area contributed by atoms with Crippen molar-refractivity contribution < 1.29 is 14.7 Å². The van der Waals surface area contributed by atoms with Crippen LogP contribution in [-0.2, 0) is 4.79 Å². The van der Waals surface area contributed by atoms with Gasteiger partial charge in [0, 0.05) is 25.9 Å². The van der Waals surface area contributed by atoms with Gasteiger partial charge in [0.15, 0.2) is 0 Å². The highest BCUT2D eigenvalue weighted by Gasteiger charge is 2.15. The van der Waals surface area contributed by atoms with Gasteiger partial charge in [0.25, 0.3) is 0 Å². The standard InChI is InChI=1S/C15H26N2O3/c1-4-5-6-7-8-16-15(20)17-11-13(9-12(2)3)10-14(18)19/h1,12-13H,5-11H2,2-3H3,(H,18,19)(H2,16,17,20)/t13-/m0/s1. The van der Waals surface area contributed by atoms with Crippen molar-refractivity contribution in [3.8, 4) is 12.3 Å². The minimum Gasteiger partial charge on any atom is -0.481 e. The maximum Gasteiger partial charge on any atom is 0.314 e. The zero-order valence-corrected chi connectivity index (χ0v) is 12.4. The Morgan fingerprint density at radius 2 is 1.95 bits per heavy atom.